The molecule has 0 saturated heterocycles. The number of carbonyl (C=O) groups excluding carboxylic acids is 1. The molecule has 0 bridgehead atoms. The molecule has 1 aromatic rings. The number of benzene rings is 1. The minimum atomic E-state index is 0.0723. The fourth-order valence-electron chi connectivity index (χ4n) is 2.31. The van der Waals surface area contributed by atoms with Crippen LogP contribution >= 0.6 is 11.6 Å². The molecule has 1 aromatic carbocycles. The van der Waals surface area contributed by atoms with Gasteiger partial charge in [0.15, 0.2) is 0 Å². The average molecular weight is 298 g/mol. The number of nitrogens with zero attached hydrogens (tertiary/aromatic N) is 1. The van der Waals surface area contributed by atoms with Crippen LogP contribution in [0.1, 0.15) is 37.8 Å². The molecule has 0 unspecified atom stereocenters. The van der Waals surface area contributed by atoms with Gasteiger partial charge in [0.1, 0.15) is 6.73 Å². The maximum absolute atomic E-state index is 12.4. The van der Waals surface area contributed by atoms with Crippen molar-refractivity contribution in [3.63, 3.8) is 0 Å². The lowest BCUT2D eigenvalue weighted by atomic mass is 10.0. The summed E-state index contributed by atoms with van der Waals surface area (Å²) in [5, 5.41) is 0. The van der Waals surface area contributed by atoms with E-state index in [1.165, 1.54) is 11.1 Å². The summed E-state index contributed by atoms with van der Waals surface area (Å²) in [5.74, 6) is 0.575. The molecule has 0 N–H and O–H groups in total. The van der Waals surface area contributed by atoms with Gasteiger partial charge in [-0.05, 0) is 30.4 Å². The molecule has 0 fully saturated rings. The quantitative estimate of drug-likeness (QED) is 0.540. The van der Waals surface area contributed by atoms with E-state index in [1.807, 2.05) is 0 Å². The van der Waals surface area contributed by atoms with E-state index in [4.69, 9.17) is 16.3 Å². The zero-order valence-electron chi connectivity index (χ0n) is 12.6. The fraction of sp³-hybridized carbons (Fsp3) is 0.562. The standard InChI is InChI=1S/C16H24ClNO2/c1-4-13-8-6-9-14(5-2)16(13)18(12-20-3)15(19)10-7-11-17/h6,8-9H,4-5,7,10-12H2,1-3H3. The monoisotopic (exact) mass is 297 g/mol. The summed E-state index contributed by atoms with van der Waals surface area (Å²) in [4.78, 5) is 14.2. The van der Waals surface area contributed by atoms with Crippen molar-refractivity contribution in [2.24, 2.45) is 0 Å². The molecule has 0 atom stereocenters. The molecule has 0 aliphatic carbocycles. The highest BCUT2D eigenvalue weighted by molar-refractivity contribution is 6.18. The lowest BCUT2D eigenvalue weighted by molar-refractivity contribution is -0.119. The van der Waals surface area contributed by atoms with Gasteiger partial charge in [-0.3, -0.25) is 9.69 Å². The SMILES string of the molecule is CCc1cccc(CC)c1N(COC)C(=O)CCCCl. The van der Waals surface area contributed by atoms with Crippen molar-refractivity contribution in [2.45, 2.75) is 39.5 Å². The second-order valence-electron chi connectivity index (χ2n) is 4.66. The van der Waals surface area contributed by atoms with Crippen LogP contribution in [0.15, 0.2) is 18.2 Å². The second-order valence-corrected chi connectivity index (χ2v) is 5.04. The van der Waals surface area contributed by atoms with E-state index in [0.717, 1.165) is 18.5 Å². The van der Waals surface area contributed by atoms with E-state index in [1.54, 1.807) is 12.0 Å². The topological polar surface area (TPSA) is 29.5 Å². The lowest BCUT2D eigenvalue weighted by Crippen LogP contribution is -2.34. The van der Waals surface area contributed by atoms with Crippen LogP contribution in [-0.4, -0.2) is 25.6 Å². The molecular weight excluding hydrogens is 274 g/mol. The first-order valence-corrected chi connectivity index (χ1v) is 7.69. The molecular formula is C16H24ClNO2. The van der Waals surface area contributed by atoms with Gasteiger partial charge < -0.3 is 4.74 Å². The zero-order valence-corrected chi connectivity index (χ0v) is 13.4. The third kappa shape index (κ3) is 4.22. The Labute approximate surface area is 126 Å². The highest BCUT2D eigenvalue weighted by Gasteiger charge is 2.20. The number of halogens is 1. The number of amides is 1. The van der Waals surface area contributed by atoms with Gasteiger partial charge in [0.05, 0.1) is 5.69 Å². The molecule has 0 aliphatic rings. The van der Waals surface area contributed by atoms with Crippen LogP contribution in [-0.2, 0) is 22.4 Å². The van der Waals surface area contributed by atoms with Crippen molar-refractivity contribution in [2.75, 3.05) is 24.6 Å². The van der Waals surface area contributed by atoms with E-state index in [0.29, 0.717) is 18.7 Å². The molecule has 1 amide bonds. The van der Waals surface area contributed by atoms with Gasteiger partial charge in [0.25, 0.3) is 0 Å². The molecule has 0 aromatic heterocycles. The van der Waals surface area contributed by atoms with Crippen molar-refractivity contribution in [3.8, 4) is 0 Å². The number of hydrogen-bond donors (Lipinski definition) is 0. The third-order valence-corrected chi connectivity index (χ3v) is 3.59. The Morgan fingerprint density at radius 3 is 2.30 bits per heavy atom. The average Bonchev–Trinajstić information content (AvgIpc) is 2.49. The molecule has 4 heteroatoms. The molecule has 3 nitrogen and oxygen atoms in total. The Hall–Kier alpha value is -1.06. The number of rotatable bonds is 8. The zero-order chi connectivity index (χ0) is 15.0. The Kier molecular flexibility index (Phi) is 7.63. The van der Waals surface area contributed by atoms with Crippen LogP contribution in [0.5, 0.6) is 0 Å². The second kappa shape index (κ2) is 8.98. The van der Waals surface area contributed by atoms with E-state index >= 15 is 0 Å². The third-order valence-electron chi connectivity index (χ3n) is 3.32. The van der Waals surface area contributed by atoms with E-state index in [-0.39, 0.29) is 12.6 Å². The number of ether oxygens (including phenoxy) is 1. The summed E-state index contributed by atoms with van der Waals surface area (Å²) in [6, 6.07) is 6.20. The lowest BCUT2D eigenvalue weighted by Gasteiger charge is -2.27. The Balaban J connectivity index is 3.15. The summed E-state index contributed by atoms with van der Waals surface area (Å²) in [5.41, 5.74) is 3.38. The van der Waals surface area contributed by atoms with Crippen LogP contribution in [0.25, 0.3) is 0 Å². The summed E-state index contributed by atoms with van der Waals surface area (Å²) in [6.45, 7) is 4.49. The molecule has 1 rings (SSSR count). The largest absolute Gasteiger partial charge is 0.364 e. The maximum Gasteiger partial charge on any atom is 0.228 e. The Morgan fingerprint density at radius 2 is 1.85 bits per heavy atom. The minimum Gasteiger partial charge on any atom is -0.364 e. The number of hydrogen-bond acceptors (Lipinski definition) is 2. The highest BCUT2D eigenvalue weighted by Crippen LogP contribution is 2.27. The summed E-state index contributed by atoms with van der Waals surface area (Å²) < 4.78 is 5.23. The predicted molar refractivity (Wildman–Crippen MR) is 84.5 cm³/mol. The number of carbonyl (C=O) groups is 1. The van der Waals surface area contributed by atoms with Gasteiger partial charge in [-0.1, -0.05) is 32.0 Å². The van der Waals surface area contributed by atoms with Gasteiger partial charge in [0.2, 0.25) is 5.91 Å². The number of alkyl halides is 1. The molecule has 0 radical (unpaired) electrons. The van der Waals surface area contributed by atoms with Crippen molar-refractivity contribution in [1.29, 1.82) is 0 Å². The predicted octanol–water partition coefficient (Wildman–Crippen LogP) is 3.77. The number of para-hydroxylation sites is 1. The van der Waals surface area contributed by atoms with Crippen LogP contribution in [0, 0.1) is 0 Å². The molecule has 0 spiro atoms. The van der Waals surface area contributed by atoms with E-state index in [9.17, 15) is 4.79 Å². The van der Waals surface area contributed by atoms with Crippen molar-refractivity contribution in [3.05, 3.63) is 29.3 Å². The number of aryl methyl sites for hydroxylation is 2. The summed E-state index contributed by atoms with van der Waals surface area (Å²) in [6.07, 6.45) is 2.93. The Bertz CT molecular complexity index is 412. The first-order valence-electron chi connectivity index (χ1n) is 7.15. The van der Waals surface area contributed by atoms with Gasteiger partial charge in [-0.15, -0.1) is 11.6 Å². The molecule has 0 saturated carbocycles. The number of methoxy groups -OCH3 is 1. The van der Waals surface area contributed by atoms with Crippen LogP contribution in [0.2, 0.25) is 0 Å². The van der Waals surface area contributed by atoms with Crippen molar-refractivity contribution < 1.29 is 9.53 Å². The summed E-state index contributed by atoms with van der Waals surface area (Å²) in [7, 11) is 1.61. The smallest absolute Gasteiger partial charge is 0.228 e. The van der Waals surface area contributed by atoms with E-state index < -0.39 is 0 Å². The van der Waals surface area contributed by atoms with Crippen molar-refractivity contribution >= 4 is 23.2 Å². The first-order chi connectivity index (χ1) is 9.69. The highest BCUT2D eigenvalue weighted by atomic mass is 35.5. The number of anilines is 1. The maximum atomic E-state index is 12.4. The summed E-state index contributed by atoms with van der Waals surface area (Å²) >= 11 is 5.69. The van der Waals surface area contributed by atoms with Crippen molar-refractivity contribution in [1.82, 2.24) is 0 Å². The molecule has 20 heavy (non-hydrogen) atoms. The van der Waals surface area contributed by atoms with Gasteiger partial charge in [-0.2, -0.15) is 0 Å². The normalized spacial score (nSPS) is 10.6. The van der Waals surface area contributed by atoms with Crippen LogP contribution < -0.4 is 4.90 Å². The Morgan fingerprint density at radius 1 is 1.25 bits per heavy atom. The fourth-order valence-corrected chi connectivity index (χ4v) is 2.44. The minimum absolute atomic E-state index is 0.0723. The first kappa shape index (κ1) is 17.0. The molecule has 0 heterocycles. The molecule has 112 valence electrons. The molecule has 0 aliphatic heterocycles. The van der Waals surface area contributed by atoms with Gasteiger partial charge in [-0.25, -0.2) is 0 Å². The van der Waals surface area contributed by atoms with Gasteiger partial charge in [0, 0.05) is 19.4 Å². The van der Waals surface area contributed by atoms with Crippen LogP contribution in [0.3, 0.4) is 0 Å². The van der Waals surface area contributed by atoms with E-state index in [2.05, 4.69) is 32.0 Å². The van der Waals surface area contributed by atoms with Crippen LogP contribution in [0.4, 0.5) is 5.69 Å². The van der Waals surface area contributed by atoms with Gasteiger partial charge >= 0.3 is 0 Å².